The van der Waals surface area contributed by atoms with Crippen LogP contribution in [0.15, 0.2) is 30.3 Å². The van der Waals surface area contributed by atoms with E-state index in [1.54, 1.807) is 6.92 Å². The molecular formula is C14H12FNO4S. The van der Waals surface area contributed by atoms with Crippen LogP contribution in [0, 0.1) is 12.7 Å². The van der Waals surface area contributed by atoms with Gasteiger partial charge in [0, 0.05) is 10.9 Å². The number of carbonyl (C=O) groups excluding carboxylic acids is 1. The Hall–Kier alpha value is -2.41. The molecule has 0 saturated heterocycles. The highest BCUT2D eigenvalue weighted by atomic mass is 32.1. The molecule has 0 aliphatic rings. The minimum atomic E-state index is -1.11. The van der Waals surface area contributed by atoms with Crippen molar-refractivity contribution in [2.75, 3.05) is 11.9 Å². The lowest BCUT2D eigenvalue weighted by Gasteiger charge is -2.07. The molecule has 2 N–H and O–H groups in total. The molecule has 0 radical (unpaired) electrons. The van der Waals surface area contributed by atoms with Crippen LogP contribution in [0.5, 0.6) is 5.75 Å². The molecular weight excluding hydrogens is 297 g/mol. The summed E-state index contributed by atoms with van der Waals surface area (Å²) in [5.41, 5.74) is 0.0385. The number of amides is 1. The van der Waals surface area contributed by atoms with Crippen molar-refractivity contribution in [1.82, 2.24) is 0 Å². The van der Waals surface area contributed by atoms with Gasteiger partial charge in [0.05, 0.1) is 5.56 Å². The highest BCUT2D eigenvalue weighted by molar-refractivity contribution is 7.16. The van der Waals surface area contributed by atoms with E-state index in [0.29, 0.717) is 0 Å². The minimum Gasteiger partial charge on any atom is -0.484 e. The van der Waals surface area contributed by atoms with Gasteiger partial charge in [0.1, 0.15) is 16.6 Å². The van der Waals surface area contributed by atoms with Gasteiger partial charge in [-0.25, -0.2) is 9.18 Å². The quantitative estimate of drug-likeness (QED) is 0.890. The van der Waals surface area contributed by atoms with E-state index in [2.05, 4.69) is 5.32 Å². The van der Waals surface area contributed by atoms with Gasteiger partial charge in [-0.1, -0.05) is 6.07 Å². The second-order valence-electron chi connectivity index (χ2n) is 4.20. The predicted molar refractivity (Wildman–Crippen MR) is 76.5 cm³/mol. The largest absolute Gasteiger partial charge is 0.484 e. The predicted octanol–water partition coefficient (Wildman–Crippen LogP) is 2.91. The third-order valence-corrected chi connectivity index (χ3v) is 3.47. The van der Waals surface area contributed by atoms with Gasteiger partial charge in [0.25, 0.3) is 5.91 Å². The molecule has 7 heteroatoms. The number of aromatic carboxylic acids is 1. The van der Waals surface area contributed by atoms with Gasteiger partial charge in [0.2, 0.25) is 0 Å². The molecule has 21 heavy (non-hydrogen) atoms. The Balaban J connectivity index is 1.97. The van der Waals surface area contributed by atoms with Gasteiger partial charge in [0.15, 0.2) is 6.61 Å². The van der Waals surface area contributed by atoms with Crippen molar-refractivity contribution >= 4 is 28.2 Å². The summed E-state index contributed by atoms with van der Waals surface area (Å²) in [6.07, 6.45) is 0. The number of benzene rings is 1. The maximum Gasteiger partial charge on any atom is 0.338 e. The molecule has 0 aliphatic heterocycles. The Morgan fingerprint density at radius 3 is 2.81 bits per heavy atom. The number of hydrogen-bond donors (Lipinski definition) is 2. The fourth-order valence-corrected chi connectivity index (χ4v) is 2.55. The number of ether oxygens (including phenoxy) is 1. The van der Waals surface area contributed by atoms with Crippen molar-refractivity contribution in [3.8, 4) is 5.75 Å². The number of thiophene rings is 1. The molecule has 110 valence electrons. The summed E-state index contributed by atoms with van der Waals surface area (Å²) < 4.78 is 18.1. The third kappa shape index (κ3) is 4.03. The van der Waals surface area contributed by atoms with Crippen molar-refractivity contribution in [2.24, 2.45) is 0 Å². The van der Waals surface area contributed by atoms with Crippen molar-refractivity contribution in [3.05, 3.63) is 46.6 Å². The van der Waals surface area contributed by atoms with Gasteiger partial charge in [-0.2, -0.15) is 0 Å². The standard InChI is InChI=1S/C14H12FNO4S/c1-8-5-11(14(18)19)13(21-8)16-12(17)7-20-10-4-2-3-9(15)6-10/h2-6H,7H2,1H3,(H,16,17)(H,18,19). The fraction of sp³-hybridized carbons (Fsp3) is 0.143. The van der Waals surface area contributed by atoms with Crippen LogP contribution >= 0.6 is 11.3 Å². The maximum absolute atomic E-state index is 12.9. The zero-order valence-electron chi connectivity index (χ0n) is 11.1. The van der Waals surface area contributed by atoms with Gasteiger partial charge < -0.3 is 15.2 Å². The highest BCUT2D eigenvalue weighted by Gasteiger charge is 2.16. The summed E-state index contributed by atoms with van der Waals surface area (Å²) in [6, 6.07) is 6.89. The molecule has 0 atom stereocenters. The van der Waals surface area contributed by atoms with E-state index < -0.39 is 17.7 Å². The van der Waals surface area contributed by atoms with E-state index in [-0.39, 0.29) is 22.9 Å². The molecule has 1 aromatic heterocycles. The summed E-state index contributed by atoms with van der Waals surface area (Å²) in [5.74, 6) is -1.86. The van der Waals surface area contributed by atoms with E-state index in [1.807, 2.05) is 0 Å². The topological polar surface area (TPSA) is 75.6 Å². The smallest absolute Gasteiger partial charge is 0.338 e. The van der Waals surface area contributed by atoms with Crippen LogP contribution in [0.25, 0.3) is 0 Å². The Labute approximate surface area is 124 Å². The molecule has 0 saturated carbocycles. The highest BCUT2D eigenvalue weighted by Crippen LogP contribution is 2.27. The van der Waals surface area contributed by atoms with E-state index in [0.717, 1.165) is 10.9 Å². The van der Waals surface area contributed by atoms with Crippen molar-refractivity contribution in [3.63, 3.8) is 0 Å². The fourth-order valence-electron chi connectivity index (χ4n) is 1.63. The molecule has 1 heterocycles. The molecule has 1 aromatic carbocycles. The summed E-state index contributed by atoms with van der Waals surface area (Å²) in [4.78, 5) is 23.5. The number of hydrogen-bond acceptors (Lipinski definition) is 4. The zero-order valence-corrected chi connectivity index (χ0v) is 11.9. The average molecular weight is 309 g/mol. The van der Waals surface area contributed by atoms with E-state index in [9.17, 15) is 14.0 Å². The van der Waals surface area contributed by atoms with Gasteiger partial charge >= 0.3 is 5.97 Å². The van der Waals surface area contributed by atoms with Crippen molar-refractivity contribution in [1.29, 1.82) is 0 Å². The van der Waals surface area contributed by atoms with Gasteiger partial charge in [-0.15, -0.1) is 11.3 Å². The summed E-state index contributed by atoms with van der Waals surface area (Å²) in [7, 11) is 0. The Kier molecular flexibility index (Phi) is 4.54. The first-order chi connectivity index (χ1) is 9.95. The molecule has 0 aliphatic carbocycles. The van der Waals surface area contributed by atoms with Crippen molar-refractivity contribution in [2.45, 2.75) is 6.92 Å². The first-order valence-electron chi connectivity index (χ1n) is 5.97. The second kappa shape index (κ2) is 6.36. The first-order valence-corrected chi connectivity index (χ1v) is 6.79. The Morgan fingerprint density at radius 2 is 2.14 bits per heavy atom. The van der Waals surface area contributed by atoms with Crippen LogP contribution in [0.2, 0.25) is 0 Å². The minimum absolute atomic E-state index is 0.0385. The van der Waals surface area contributed by atoms with E-state index in [4.69, 9.17) is 9.84 Å². The molecule has 0 bridgehead atoms. The number of anilines is 1. The second-order valence-corrected chi connectivity index (χ2v) is 5.46. The molecule has 0 spiro atoms. The lowest BCUT2D eigenvalue weighted by Crippen LogP contribution is -2.20. The van der Waals surface area contributed by atoms with Crippen LogP contribution in [0.1, 0.15) is 15.2 Å². The van der Waals surface area contributed by atoms with Crippen LogP contribution < -0.4 is 10.1 Å². The van der Waals surface area contributed by atoms with Crippen molar-refractivity contribution < 1.29 is 23.8 Å². The first kappa shape index (κ1) is 15.0. The summed E-state index contributed by atoms with van der Waals surface area (Å²) in [6.45, 7) is 1.41. The number of carboxylic acid groups (broad SMARTS) is 1. The SMILES string of the molecule is Cc1cc(C(=O)O)c(NC(=O)COc2cccc(F)c2)s1. The molecule has 1 amide bonds. The number of aryl methyl sites for hydroxylation is 1. The van der Waals surface area contributed by atoms with Crippen LogP contribution in [0.4, 0.5) is 9.39 Å². The number of rotatable bonds is 5. The third-order valence-electron chi connectivity index (χ3n) is 2.50. The molecule has 2 aromatic rings. The summed E-state index contributed by atoms with van der Waals surface area (Å²) >= 11 is 1.17. The Morgan fingerprint density at radius 1 is 1.38 bits per heavy atom. The molecule has 0 unspecified atom stereocenters. The number of carboxylic acids is 1. The van der Waals surface area contributed by atoms with Crippen LogP contribution in [-0.4, -0.2) is 23.6 Å². The number of carbonyl (C=O) groups is 2. The van der Waals surface area contributed by atoms with Crippen LogP contribution in [0.3, 0.4) is 0 Å². The maximum atomic E-state index is 12.9. The van der Waals surface area contributed by atoms with E-state index in [1.165, 1.54) is 35.6 Å². The lowest BCUT2D eigenvalue weighted by molar-refractivity contribution is -0.118. The monoisotopic (exact) mass is 309 g/mol. The van der Waals surface area contributed by atoms with Gasteiger partial charge in [-0.3, -0.25) is 4.79 Å². The zero-order chi connectivity index (χ0) is 15.4. The van der Waals surface area contributed by atoms with Crippen LogP contribution in [-0.2, 0) is 4.79 Å². The number of halogens is 1. The lowest BCUT2D eigenvalue weighted by atomic mass is 10.3. The molecule has 2 rings (SSSR count). The normalized spacial score (nSPS) is 10.2. The molecule has 5 nitrogen and oxygen atoms in total. The summed E-state index contributed by atoms with van der Waals surface area (Å²) in [5, 5.41) is 11.7. The number of nitrogens with one attached hydrogen (secondary N) is 1. The Bertz CT molecular complexity index is 683. The average Bonchev–Trinajstić information content (AvgIpc) is 2.77. The van der Waals surface area contributed by atoms with Gasteiger partial charge in [-0.05, 0) is 25.1 Å². The van der Waals surface area contributed by atoms with E-state index >= 15 is 0 Å². The molecule has 0 fully saturated rings.